The minimum atomic E-state index is -0.0313. The number of para-hydroxylation sites is 1. The largest absolute Gasteiger partial charge is 0.348 e. The molecule has 6 heteroatoms. The molecule has 0 aliphatic carbocycles. The van der Waals surface area contributed by atoms with Gasteiger partial charge in [0.2, 0.25) is 5.91 Å². The van der Waals surface area contributed by atoms with Gasteiger partial charge < -0.3 is 5.32 Å². The Morgan fingerprint density at radius 3 is 2.52 bits per heavy atom. The number of amides is 1. The number of nitrogens with zero attached hydrogens (tertiary/aromatic N) is 3. The molecule has 0 unspecified atom stereocenters. The maximum atomic E-state index is 12.2. The van der Waals surface area contributed by atoms with Crippen molar-refractivity contribution in [1.29, 1.82) is 0 Å². The fraction of sp³-hybridized carbons (Fsp3) is 0.211. The molecule has 0 bridgehead atoms. The molecular weight excluding hydrogens is 332 g/mol. The van der Waals surface area contributed by atoms with E-state index in [0.29, 0.717) is 13.0 Å². The number of carbonyl (C=O) groups excluding carboxylic acids is 1. The fourth-order valence-corrected chi connectivity index (χ4v) is 3.13. The highest BCUT2D eigenvalue weighted by molar-refractivity contribution is 7.98. The molecular formula is C19H20N4OS. The lowest BCUT2D eigenvalue weighted by Gasteiger charge is -2.12. The molecule has 0 radical (unpaired) electrons. The Bertz CT molecular complexity index is 861. The van der Waals surface area contributed by atoms with Crippen LogP contribution in [-0.4, -0.2) is 26.9 Å². The Labute approximate surface area is 151 Å². The Kier molecular flexibility index (Phi) is 5.50. The molecule has 25 heavy (non-hydrogen) atoms. The van der Waals surface area contributed by atoms with Crippen LogP contribution in [-0.2, 0) is 17.8 Å². The molecule has 0 fully saturated rings. The van der Waals surface area contributed by atoms with Gasteiger partial charge in [0.25, 0.3) is 0 Å². The van der Waals surface area contributed by atoms with Crippen LogP contribution in [0.4, 0.5) is 0 Å². The van der Waals surface area contributed by atoms with Crippen LogP contribution in [0.25, 0.3) is 5.69 Å². The molecule has 0 atom stereocenters. The van der Waals surface area contributed by atoms with Crippen molar-refractivity contribution in [2.45, 2.75) is 25.0 Å². The topological polar surface area (TPSA) is 59.8 Å². The highest BCUT2D eigenvalue weighted by Crippen LogP contribution is 2.22. The molecule has 1 N–H and O–H groups in total. The summed E-state index contributed by atoms with van der Waals surface area (Å²) in [4.78, 5) is 12.2. The highest BCUT2D eigenvalue weighted by atomic mass is 32.2. The average molecular weight is 352 g/mol. The quantitative estimate of drug-likeness (QED) is 0.692. The number of hydrogen-bond acceptors (Lipinski definition) is 4. The third-order valence-corrected chi connectivity index (χ3v) is 4.52. The van der Waals surface area contributed by atoms with Crippen LogP contribution >= 0.6 is 11.8 Å². The molecule has 0 saturated heterocycles. The highest BCUT2D eigenvalue weighted by Gasteiger charge is 2.15. The monoisotopic (exact) mass is 352 g/mol. The van der Waals surface area contributed by atoms with Crippen molar-refractivity contribution in [1.82, 2.24) is 20.1 Å². The van der Waals surface area contributed by atoms with Crippen LogP contribution in [0.15, 0.2) is 59.8 Å². The van der Waals surface area contributed by atoms with Gasteiger partial charge in [-0.05, 0) is 30.4 Å². The van der Waals surface area contributed by atoms with Crippen LogP contribution in [0.2, 0.25) is 0 Å². The second-order valence-corrected chi connectivity index (χ2v) is 6.44. The van der Waals surface area contributed by atoms with Gasteiger partial charge in [-0.1, -0.05) is 60.3 Å². The van der Waals surface area contributed by atoms with Crippen molar-refractivity contribution < 1.29 is 4.79 Å². The molecule has 0 spiro atoms. The first kappa shape index (κ1) is 17.2. The van der Waals surface area contributed by atoms with Crippen molar-refractivity contribution in [3.63, 3.8) is 0 Å². The Hall–Kier alpha value is -2.60. The van der Waals surface area contributed by atoms with Crippen LogP contribution < -0.4 is 5.32 Å². The van der Waals surface area contributed by atoms with E-state index in [1.165, 1.54) is 11.8 Å². The number of nitrogens with one attached hydrogen (secondary N) is 1. The maximum Gasteiger partial charge on any atom is 0.224 e. The van der Waals surface area contributed by atoms with Gasteiger partial charge >= 0.3 is 0 Å². The summed E-state index contributed by atoms with van der Waals surface area (Å²) in [6.45, 7) is 2.39. The predicted octanol–water partition coefficient (Wildman–Crippen LogP) is 3.16. The summed E-state index contributed by atoms with van der Waals surface area (Å²) >= 11 is 1.53. The molecule has 0 saturated carbocycles. The van der Waals surface area contributed by atoms with Gasteiger partial charge in [0.1, 0.15) is 0 Å². The first-order valence-corrected chi connectivity index (χ1v) is 9.26. The first-order chi connectivity index (χ1) is 12.2. The number of benzene rings is 2. The summed E-state index contributed by atoms with van der Waals surface area (Å²) in [5.41, 5.74) is 3.16. The van der Waals surface area contributed by atoms with E-state index in [-0.39, 0.29) is 5.91 Å². The second-order valence-electron chi connectivity index (χ2n) is 5.66. The van der Waals surface area contributed by atoms with Gasteiger partial charge in [-0.2, -0.15) is 0 Å². The van der Waals surface area contributed by atoms with E-state index in [1.807, 2.05) is 59.4 Å². The SMILES string of the molecule is CSc1nnc(CNC(=O)Cc2ccccc2)n1-c1ccccc1C. The molecule has 1 heterocycles. The maximum absolute atomic E-state index is 12.2. The Morgan fingerprint density at radius 1 is 1.08 bits per heavy atom. The molecule has 5 nitrogen and oxygen atoms in total. The number of hydrogen-bond donors (Lipinski definition) is 1. The molecule has 128 valence electrons. The fourth-order valence-electron chi connectivity index (χ4n) is 2.62. The summed E-state index contributed by atoms with van der Waals surface area (Å²) < 4.78 is 2.00. The summed E-state index contributed by atoms with van der Waals surface area (Å²) in [5.74, 6) is 0.691. The van der Waals surface area contributed by atoms with Crippen molar-refractivity contribution in [2.75, 3.05) is 6.26 Å². The first-order valence-electron chi connectivity index (χ1n) is 8.04. The normalized spacial score (nSPS) is 10.6. The van der Waals surface area contributed by atoms with E-state index < -0.39 is 0 Å². The van der Waals surface area contributed by atoms with Gasteiger partial charge in [-0.15, -0.1) is 10.2 Å². The zero-order valence-corrected chi connectivity index (χ0v) is 15.1. The molecule has 3 aromatic rings. The molecule has 3 rings (SSSR count). The van der Waals surface area contributed by atoms with E-state index in [2.05, 4.69) is 28.5 Å². The third-order valence-electron chi connectivity index (χ3n) is 3.89. The lowest BCUT2D eigenvalue weighted by atomic mass is 10.1. The van der Waals surface area contributed by atoms with Gasteiger partial charge in [-0.3, -0.25) is 9.36 Å². The van der Waals surface area contributed by atoms with Crippen LogP contribution in [0.3, 0.4) is 0 Å². The van der Waals surface area contributed by atoms with E-state index in [4.69, 9.17) is 0 Å². The number of rotatable bonds is 6. The molecule has 1 amide bonds. The zero-order valence-electron chi connectivity index (χ0n) is 14.3. The number of thioether (sulfide) groups is 1. The molecule has 2 aromatic carbocycles. The Balaban J connectivity index is 1.76. The van der Waals surface area contributed by atoms with Gasteiger partial charge in [0.05, 0.1) is 18.7 Å². The predicted molar refractivity (Wildman–Crippen MR) is 99.9 cm³/mol. The van der Waals surface area contributed by atoms with E-state index in [0.717, 1.165) is 27.8 Å². The lowest BCUT2D eigenvalue weighted by Crippen LogP contribution is -2.26. The summed E-state index contributed by atoms with van der Waals surface area (Å²) in [6, 6.07) is 17.8. The average Bonchev–Trinajstić information content (AvgIpc) is 3.04. The zero-order chi connectivity index (χ0) is 17.6. The number of aryl methyl sites for hydroxylation is 1. The van der Waals surface area contributed by atoms with Crippen molar-refractivity contribution in [2.24, 2.45) is 0 Å². The van der Waals surface area contributed by atoms with Crippen LogP contribution in [0, 0.1) is 6.92 Å². The molecule has 0 aliphatic heterocycles. The Morgan fingerprint density at radius 2 is 1.80 bits per heavy atom. The lowest BCUT2D eigenvalue weighted by molar-refractivity contribution is -0.120. The third kappa shape index (κ3) is 4.09. The van der Waals surface area contributed by atoms with Crippen molar-refractivity contribution >= 4 is 17.7 Å². The van der Waals surface area contributed by atoms with Crippen LogP contribution in [0.5, 0.6) is 0 Å². The number of aromatic nitrogens is 3. The molecule has 0 aliphatic rings. The summed E-state index contributed by atoms with van der Waals surface area (Å²) in [6.07, 6.45) is 2.32. The van der Waals surface area contributed by atoms with Crippen molar-refractivity contribution in [3.8, 4) is 5.69 Å². The minimum Gasteiger partial charge on any atom is -0.348 e. The summed E-state index contributed by atoms with van der Waals surface area (Å²) in [7, 11) is 0. The van der Waals surface area contributed by atoms with E-state index >= 15 is 0 Å². The smallest absolute Gasteiger partial charge is 0.224 e. The van der Waals surface area contributed by atoms with Gasteiger partial charge in [-0.25, -0.2) is 0 Å². The summed E-state index contributed by atoms with van der Waals surface area (Å²) in [5, 5.41) is 12.2. The van der Waals surface area contributed by atoms with Gasteiger partial charge in [0.15, 0.2) is 11.0 Å². The van der Waals surface area contributed by atoms with Crippen LogP contribution in [0.1, 0.15) is 17.0 Å². The van der Waals surface area contributed by atoms with E-state index in [9.17, 15) is 4.79 Å². The second kappa shape index (κ2) is 7.98. The molecule has 1 aromatic heterocycles. The number of carbonyl (C=O) groups is 1. The minimum absolute atomic E-state index is 0.0313. The standard InChI is InChI=1S/C19H20N4OS/c1-14-8-6-7-11-16(14)23-17(21-22-19(23)25-2)13-20-18(24)12-15-9-4-3-5-10-15/h3-11H,12-13H2,1-2H3,(H,20,24). The van der Waals surface area contributed by atoms with Gasteiger partial charge in [0, 0.05) is 0 Å². The van der Waals surface area contributed by atoms with Crippen molar-refractivity contribution in [3.05, 3.63) is 71.5 Å². The van der Waals surface area contributed by atoms with E-state index in [1.54, 1.807) is 0 Å².